The number of para-hydroxylation sites is 1. The number of benzene rings is 6. The Morgan fingerprint density at radius 3 is 1.77 bits per heavy atom. The summed E-state index contributed by atoms with van der Waals surface area (Å²) in [4.78, 5) is 9.67. The first-order chi connectivity index (χ1) is 33.0. The SMILES string of the molecule is CC(C)c1cccc(C(C)C)c1C1=CN(c2cc(C(C)(C)C)cc(C(C)(C)C)c2)[CH-]N1c1[c-]c(Oc2[c-]c3c(cc2)c2ccccc2n3-c2cc(C(C)(C)c3ccccc3)ccn2)cc(C(C)(C)C)c1.[Pt]. The van der Waals surface area contributed by atoms with Gasteiger partial charge in [-0.1, -0.05) is 182 Å². The Balaban J connectivity index is 0.00000676. The first-order valence-corrected chi connectivity index (χ1v) is 25.2. The van der Waals surface area contributed by atoms with Gasteiger partial charge in [0.15, 0.2) is 0 Å². The number of ether oxygens (including phenoxy) is 1. The van der Waals surface area contributed by atoms with E-state index >= 15 is 0 Å². The fraction of sp³-hybridized carbons (Fsp3) is 0.323. The second-order valence-corrected chi connectivity index (χ2v) is 23.6. The van der Waals surface area contributed by atoms with E-state index in [4.69, 9.17) is 9.72 Å². The molecule has 0 fully saturated rings. The van der Waals surface area contributed by atoms with Crippen LogP contribution in [0, 0.1) is 18.8 Å². The van der Waals surface area contributed by atoms with Crippen LogP contribution >= 0.6 is 0 Å². The first-order valence-electron chi connectivity index (χ1n) is 25.2. The molecular weight excluding hydrogens is 1050 g/mol. The van der Waals surface area contributed by atoms with E-state index in [1.807, 2.05) is 12.3 Å². The zero-order valence-electron chi connectivity index (χ0n) is 44.5. The maximum atomic E-state index is 7.01. The zero-order chi connectivity index (χ0) is 50.1. The van der Waals surface area contributed by atoms with Crippen LogP contribution in [-0.2, 0) is 42.7 Å². The minimum atomic E-state index is -0.237. The van der Waals surface area contributed by atoms with E-state index in [0.29, 0.717) is 23.3 Å². The molecule has 0 unspecified atom stereocenters. The molecule has 0 saturated heterocycles. The van der Waals surface area contributed by atoms with Gasteiger partial charge in [-0.2, -0.15) is 6.07 Å². The van der Waals surface area contributed by atoms with Crippen LogP contribution in [0.5, 0.6) is 11.5 Å². The molecule has 6 aromatic carbocycles. The van der Waals surface area contributed by atoms with Crippen LogP contribution < -0.4 is 14.5 Å². The molecule has 0 aliphatic carbocycles. The van der Waals surface area contributed by atoms with Gasteiger partial charge in [0.25, 0.3) is 0 Å². The van der Waals surface area contributed by atoms with Crippen LogP contribution in [0.4, 0.5) is 11.4 Å². The number of nitrogens with zero attached hydrogens (tertiary/aromatic N) is 4. The molecule has 0 atom stereocenters. The minimum absolute atomic E-state index is 0. The van der Waals surface area contributed by atoms with Crippen molar-refractivity contribution in [1.29, 1.82) is 0 Å². The van der Waals surface area contributed by atoms with E-state index in [1.54, 1.807) is 0 Å². The van der Waals surface area contributed by atoms with Crippen molar-refractivity contribution in [2.24, 2.45) is 0 Å². The molecule has 6 heteroatoms. The summed E-state index contributed by atoms with van der Waals surface area (Å²) < 4.78 is 9.24. The van der Waals surface area contributed by atoms with Crippen molar-refractivity contribution in [3.8, 4) is 17.3 Å². The van der Waals surface area contributed by atoms with Gasteiger partial charge in [-0.05, 0) is 103 Å². The van der Waals surface area contributed by atoms with Crippen LogP contribution in [0.25, 0.3) is 33.3 Å². The normalized spacial score (nSPS) is 13.7. The summed E-state index contributed by atoms with van der Waals surface area (Å²) in [5, 5.41) is 2.22. The van der Waals surface area contributed by atoms with Gasteiger partial charge in [0.2, 0.25) is 0 Å². The Bertz CT molecular complexity index is 3200. The molecule has 0 bridgehead atoms. The molecule has 2 aromatic heterocycles. The summed E-state index contributed by atoms with van der Waals surface area (Å²) in [6.07, 6.45) is 4.27. The smallest absolute Gasteiger partial charge is 0.135 e. The standard InChI is InChI=1S/C65H71N4O.Pt/c1-42(2)53-25-21-26-54(43(3)4)61(53)59-40-67(49-33-46(62(5,6)7)32-47(34-49)63(8,9)10)41-68(59)50-35-48(64(11,12)13)36-52(38-50)70-51-28-29-56-55-24-19-20-27-57(55)69(58(56)39-51)60-37-45(30-31-66-60)65(14,15)44-22-17-16-18-23-44;/h16-37,40-43H,1-15H3;/q-3;. The first kappa shape index (κ1) is 51.5. The second-order valence-electron chi connectivity index (χ2n) is 23.6. The Kier molecular flexibility index (Phi) is 14.0. The van der Waals surface area contributed by atoms with Crippen LogP contribution in [0.15, 0.2) is 140 Å². The minimum Gasteiger partial charge on any atom is -0.509 e. The summed E-state index contributed by atoms with van der Waals surface area (Å²) in [5.74, 6) is 2.68. The monoisotopic (exact) mass is 1120 g/mol. The van der Waals surface area contributed by atoms with Gasteiger partial charge < -0.3 is 19.1 Å². The average Bonchev–Trinajstić information content (AvgIpc) is 3.90. The molecule has 71 heavy (non-hydrogen) atoms. The molecule has 0 spiro atoms. The van der Waals surface area contributed by atoms with Crippen molar-refractivity contribution < 1.29 is 25.8 Å². The van der Waals surface area contributed by atoms with Crippen LogP contribution in [0.2, 0.25) is 0 Å². The number of hydrogen-bond acceptors (Lipinski definition) is 4. The Morgan fingerprint density at radius 2 is 1.15 bits per heavy atom. The van der Waals surface area contributed by atoms with E-state index in [2.05, 4.69) is 265 Å². The summed E-state index contributed by atoms with van der Waals surface area (Å²) in [5.41, 5.74) is 14.7. The van der Waals surface area contributed by atoms with Gasteiger partial charge in [-0.3, -0.25) is 0 Å². The molecule has 1 aliphatic rings. The van der Waals surface area contributed by atoms with E-state index in [1.165, 1.54) is 38.9 Å². The van der Waals surface area contributed by atoms with E-state index in [0.717, 1.165) is 50.3 Å². The van der Waals surface area contributed by atoms with Crippen LogP contribution in [-0.4, -0.2) is 9.55 Å². The molecule has 0 amide bonds. The third kappa shape index (κ3) is 10.1. The predicted octanol–water partition coefficient (Wildman–Crippen LogP) is 17.5. The van der Waals surface area contributed by atoms with E-state index in [-0.39, 0.29) is 42.7 Å². The summed E-state index contributed by atoms with van der Waals surface area (Å²) in [6, 6.07) is 53.7. The fourth-order valence-electron chi connectivity index (χ4n) is 9.79. The predicted molar refractivity (Wildman–Crippen MR) is 296 cm³/mol. The van der Waals surface area contributed by atoms with Gasteiger partial charge in [-0.25, -0.2) is 4.98 Å². The molecule has 8 aromatic rings. The molecule has 0 saturated carbocycles. The number of aromatic nitrogens is 2. The van der Waals surface area contributed by atoms with Crippen molar-refractivity contribution in [3.63, 3.8) is 0 Å². The molecule has 0 N–H and O–H groups in total. The largest absolute Gasteiger partial charge is 0.509 e. The van der Waals surface area contributed by atoms with E-state index in [9.17, 15) is 0 Å². The quantitative estimate of drug-likeness (QED) is 0.128. The van der Waals surface area contributed by atoms with Crippen LogP contribution in [0.3, 0.4) is 0 Å². The molecule has 1 aliphatic heterocycles. The topological polar surface area (TPSA) is 33.5 Å². The summed E-state index contributed by atoms with van der Waals surface area (Å²) in [7, 11) is 0. The number of anilines is 2. The molecule has 0 radical (unpaired) electrons. The molecule has 370 valence electrons. The molecule has 3 heterocycles. The summed E-state index contributed by atoms with van der Waals surface area (Å²) >= 11 is 0. The van der Waals surface area contributed by atoms with E-state index < -0.39 is 0 Å². The van der Waals surface area contributed by atoms with Gasteiger partial charge >= 0.3 is 0 Å². The maximum absolute atomic E-state index is 7.01. The van der Waals surface area contributed by atoms with Crippen molar-refractivity contribution in [3.05, 3.63) is 203 Å². The van der Waals surface area contributed by atoms with Crippen molar-refractivity contribution in [2.75, 3.05) is 9.80 Å². The van der Waals surface area contributed by atoms with Crippen molar-refractivity contribution in [1.82, 2.24) is 9.55 Å². The number of fused-ring (bicyclic) bond motifs is 3. The van der Waals surface area contributed by atoms with Crippen molar-refractivity contribution in [2.45, 2.75) is 137 Å². The average molecular weight is 1120 g/mol. The van der Waals surface area contributed by atoms with Gasteiger partial charge in [0.1, 0.15) is 5.82 Å². The molecule has 9 rings (SSSR count). The Morgan fingerprint density at radius 1 is 0.549 bits per heavy atom. The zero-order valence-corrected chi connectivity index (χ0v) is 46.8. The van der Waals surface area contributed by atoms with Gasteiger partial charge in [0.05, 0.1) is 0 Å². The Hall–Kier alpha value is -5.90. The number of rotatable bonds is 10. The fourth-order valence-corrected chi connectivity index (χ4v) is 9.79. The third-order valence-corrected chi connectivity index (χ3v) is 14.3. The molecule has 5 nitrogen and oxygen atoms in total. The van der Waals surface area contributed by atoms with Gasteiger partial charge in [-0.15, -0.1) is 53.6 Å². The third-order valence-electron chi connectivity index (χ3n) is 14.3. The van der Waals surface area contributed by atoms with Crippen LogP contribution in [0.1, 0.15) is 160 Å². The van der Waals surface area contributed by atoms with Crippen molar-refractivity contribution >= 4 is 38.9 Å². The number of hydrogen-bond donors (Lipinski definition) is 0. The number of pyridine rings is 1. The summed E-state index contributed by atoms with van der Waals surface area (Å²) in [6.45, 7) is 36.6. The second kappa shape index (κ2) is 19.3. The van der Waals surface area contributed by atoms with Gasteiger partial charge in [0, 0.05) is 66.6 Å². The molecular formula is C65H71N4OPt-3. The Labute approximate surface area is 439 Å². The maximum Gasteiger partial charge on any atom is 0.135 e.